The first-order valence-electron chi connectivity index (χ1n) is 4.51. The highest BCUT2D eigenvalue weighted by atomic mass is 19.3. The van der Waals surface area contributed by atoms with Gasteiger partial charge < -0.3 is 10.3 Å². The minimum Gasteiger partial charge on any atom is -0.342 e. The number of aromatic amines is 1. The molecule has 0 aromatic carbocycles. The van der Waals surface area contributed by atoms with Crippen LogP contribution in [0.15, 0.2) is 6.20 Å². The molecule has 4 nitrogen and oxygen atoms in total. The predicted octanol–water partition coefficient (Wildman–Crippen LogP) is 1.49. The number of carbonyl (C=O) groups excluding carboxylic acids is 1. The second kappa shape index (κ2) is 3.96. The van der Waals surface area contributed by atoms with Crippen molar-refractivity contribution in [1.29, 1.82) is 0 Å². The van der Waals surface area contributed by atoms with Gasteiger partial charge in [0, 0.05) is 6.92 Å². The minimum atomic E-state index is -2.94. The number of hydrogen-bond donors (Lipinski definition) is 2. The fraction of sp³-hybridized carbons (Fsp3) is 0.556. The van der Waals surface area contributed by atoms with Crippen molar-refractivity contribution in [1.82, 2.24) is 15.3 Å². The van der Waals surface area contributed by atoms with Gasteiger partial charge in [-0.05, 0) is 13.8 Å². The lowest BCUT2D eigenvalue weighted by molar-refractivity contribution is -0.0108. The Morgan fingerprint density at radius 1 is 1.67 bits per heavy atom. The third-order valence-corrected chi connectivity index (χ3v) is 2.06. The van der Waals surface area contributed by atoms with E-state index in [0.717, 1.165) is 6.92 Å². The third kappa shape index (κ3) is 3.00. The fourth-order valence-electron chi connectivity index (χ4n) is 0.937. The maximum Gasteiger partial charge on any atom is 0.269 e. The summed E-state index contributed by atoms with van der Waals surface area (Å²) < 4.78 is 25.5. The van der Waals surface area contributed by atoms with Crippen LogP contribution in [-0.2, 0) is 0 Å². The first kappa shape index (κ1) is 11.6. The van der Waals surface area contributed by atoms with E-state index in [1.54, 1.807) is 6.92 Å². The molecule has 1 rings (SSSR count). The van der Waals surface area contributed by atoms with Gasteiger partial charge in [0.2, 0.25) is 0 Å². The van der Waals surface area contributed by atoms with Crippen LogP contribution in [0.1, 0.15) is 30.2 Å². The van der Waals surface area contributed by atoms with Gasteiger partial charge in [0.15, 0.2) is 0 Å². The van der Waals surface area contributed by atoms with E-state index < -0.39 is 17.9 Å². The lowest BCUT2D eigenvalue weighted by Crippen LogP contribution is -2.43. The van der Waals surface area contributed by atoms with Crippen molar-refractivity contribution in [3.8, 4) is 0 Å². The lowest BCUT2D eigenvalue weighted by atomic mass is 10.2. The lowest BCUT2D eigenvalue weighted by Gasteiger charge is -2.19. The first-order valence-corrected chi connectivity index (χ1v) is 4.51. The van der Waals surface area contributed by atoms with E-state index in [4.69, 9.17) is 0 Å². The van der Waals surface area contributed by atoms with Crippen LogP contribution in [-0.4, -0.2) is 27.8 Å². The molecule has 1 atom stereocenters. The highest BCUT2D eigenvalue weighted by molar-refractivity contribution is 5.92. The van der Waals surface area contributed by atoms with Gasteiger partial charge in [-0.3, -0.25) is 4.79 Å². The minimum absolute atomic E-state index is 0.184. The number of carbonyl (C=O) groups is 1. The Balaban J connectivity index is 2.64. The molecule has 0 spiro atoms. The number of halogens is 2. The zero-order valence-electron chi connectivity index (χ0n) is 8.77. The fourth-order valence-corrected chi connectivity index (χ4v) is 0.937. The Labute approximate surface area is 86.1 Å². The summed E-state index contributed by atoms with van der Waals surface area (Å²) in [6.45, 7) is 3.69. The van der Waals surface area contributed by atoms with E-state index in [9.17, 15) is 13.6 Å². The summed E-state index contributed by atoms with van der Waals surface area (Å²) in [6.07, 6.45) is 1.31. The van der Waals surface area contributed by atoms with Crippen LogP contribution in [0, 0.1) is 6.92 Å². The van der Waals surface area contributed by atoms with Gasteiger partial charge in [-0.1, -0.05) is 0 Å². The molecular weight excluding hydrogens is 204 g/mol. The number of H-pyrrole nitrogens is 1. The summed E-state index contributed by atoms with van der Waals surface area (Å²) >= 11 is 0. The number of nitrogens with one attached hydrogen (secondary N) is 2. The van der Waals surface area contributed by atoms with Crippen molar-refractivity contribution in [2.45, 2.75) is 32.7 Å². The molecule has 0 unspecified atom stereocenters. The van der Waals surface area contributed by atoms with Crippen LogP contribution >= 0.6 is 0 Å². The molecule has 2 N–H and O–H groups in total. The molecule has 84 valence electrons. The topological polar surface area (TPSA) is 57.8 Å². The zero-order valence-corrected chi connectivity index (χ0v) is 8.77. The molecule has 1 aromatic rings. The molecule has 15 heavy (non-hydrogen) atoms. The van der Waals surface area contributed by atoms with Crippen molar-refractivity contribution in [3.63, 3.8) is 0 Å². The maximum absolute atomic E-state index is 12.8. The standard InChI is InChI=1S/C9H13F2N3O/c1-5(9(3,10)11)13-8(15)7-4-12-6(2)14-7/h4-5H,1-3H3,(H,12,14)(H,13,15)/t5-/m1/s1. The number of imidazole rings is 1. The van der Waals surface area contributed by atoms with Crippen LogP contribution in [0.5, 0.6) is 0 Å². The summed E-state index contributed by atoms with van der Waals surface area (Å²) in [7, 11) is 0. The molecule has 0 saturated heterocycles. The number of nitrogens with zero attached hydrogens (tertiary/aromatic N) is 1. The molecular formula is C9H13F2N3O. The summed E-state index contributed by atoms with van der Waals surface area (Å²) in [6, 6.07) is -1.21. The summed E-state index contributed by atoms with van der Waals surface area (Å²) in [4.78, 5) is 17.9. The quantitative estimate of drug-likeness (QED) is 0.805. The van der Waals surface area contributed by atoms with Gasteiger partial charge in [0.25, 0.3) is 11.8 Å². The average Bonchev–Trinajstić information content (AvgIpc) is 2.50. The van der Waals surface area contributed by atoms with Crippen LogP contribution in [0.25, 0.3) is 0 Å². The normalized spacial score (nSPS) is 13.7. The predicted molar refractivity (Wildman–Crippen MR) is 50.9 cm³/mol. The molecule has 1 aromatic heterocycles. The van der Waals surface area contributed by atoms with E-state index in [1.807, 2.05) is 0 Å². The number of aromatic nitrogens is 2. The molecule has 1 amide bonds. The van der Waals surface area contributed by atoms with E-state index in [1.165, 1.54) is 13.1 Å². The molecule has 0 aliphatic heterocycles. The van der Waals surface area contributed by atoms with Gasteiger partial charge in [0.05, 0.1) is 12.2 Å². The Kier molecular flexibility index (Phi) is 3.06. The molecule has 0 aliphatic rings. The monoisotopic (exact) mass is 217 g/mol. The smallest absolute Gasteiger partial charge is 0.269 e. The van der Waals surface area contributed by atoms with Crippen molar-refractivity contribution < 1.29 is 13.6 Å². The van der Waals surface area contributed by atoms with Crippen LogP contribution < -0.4 is 5.32 Å². The third-order valence-electron chi connectivity index (χ3n) is 2.06. The second-order valence-corrected chi connectivity index (χ2v) is 3.53. The summed E-state index contributed by atoms with van der Waals surface area (Å²) in [5.41, 5.74) is 0.184. The van der Waals surface area contributed by atoms with Crippen molar-refractivity contribution in [2.24, 2.45) is 0 Å². The first-order chi connectivity index (χ1) is 6.80. The van der Waals surface area contributed by atoms with Gasteiger partial charge in [-0.15, -0.1) is 0 Å². The van der Waals surface area contributed by atoms with E-state index in [0.29, 0.717) is 5.82 Å². The Morgan fingerprint density at radius 3 is 2.67 bits per heavy atom. The largest absolute Gasteiger partial charge is 0.342 e. The molecule has 1 heterocycles. The Hall–Kier alpha value is -1.46. The average molecular weight is 217 g/mol. The highest BCUT2D eigenvalue weighted by Crippen LogP contribution is 2.16. The molecule has 0 saturated carbocycles. The van der Waals surface area contributed by atoms with Gasteiger partial charge in [-0.2, -0.15) is 0 Å². The Morgan fingerprint density at radius 2 is 2.27 bits per heavy atom. The number of amides is 1. The van der Waals surface area contributed by atoms with Crippen molar-refractivity contribution in [2.75, 3.05) is 0 Å². The molecule has 0 fully saturated rings. The summed E-state index contributed by atoms with van der Waals surface area (Å²) in [5, 5.41) is 2.19. The van der Waals surface area contributed by atoms with Gasteiger partial charge in [0.1, 0.15) is 11.5 Å². The molecule has 6 heteroatoms. The highest BCUT2D eigenvalue weighted by Gasteiger charge is 2.31. The van der Waals surface area contributed by atoms with E-state index >= 15 is 0 Å². The second-order valence-electron chi connectivity index (χ2n) is 3.53. The summed E-state index contributed by atoms with van der Waals surface area (Å²) in [5.74, 6) is -2.95. The number of rotatable bonds is 3. The van der Waals surface area contributed by atoms with Gasteiger partial charge in [-0.25, -0.2) is 13.8 Å². The maximum atomic E-state index is 12.8. The van der Waals surface area contributed by atoms with E-state index in [-0.39, 0.29) is 5.69 Å². The number of aryl methyl sites for hydroxylation is 1. The number of hydrogen-bond acceptors (Lipinski definition) is 2. The SMILES string of the molecule is Cc1ncc(C(=O)N[C@H](C)C(C)(F)F)[nH]1. The van der Waals surface area contributed by atoms with Crippen molar-refractivity contribution in [3.05, 3.63) is 17.7 Å². The Bertz CT molecular complexity index is 356. The number of alkyl halides is 2. The van der Waals surface area contributed by atoms with Gasteiger partial charge >= 0.3 is 0 Å². The van der Waals surface area contributed by atoms with E-state index in [2.05, 4.69) is 15.3 Å². The van der Waals surface area contributed by atoms with Crippen LogP contribution in [0.3, 0.4) is 0 Å². The zero-order chi connectivity index (χ0) is 11.6. The molecule has 0 radical (unpaired) electrons. The molecule has 0 aliphatic carbocycles. The van der Waals surface area contributed by atoms with Crippen LogP contribution in [0.4, 0.5) is 8.78 Å². The van der Waals surface area contributed by atoms with Crippen molar-refractivity contribution >= 4 is 5.91 Å². The van der Waals surface area contributed by atoms with Crippen LogP contribution in [0.2, 0.25) is 0 Å². The molecule has 0 bridgehead atoms.